The molecule has 0 radical (unpaired) electrons. The van der Waals surface area contributed by atoms with E-state index < -0.39 is 0 Å². The fraction of sp³-hybridized carbons (Fsp3) is 0.409. The van der Waals surface area contributed by atoms with E-state index >= 15 is 0 Å². The summed E-state index contributed by atoms with van der Waals surface area (Å²) >= 11 is 0. The van der Waals surface area contributed by atoms with Gasteiger partial charge in [-0.25, -0.2) is 0 Å². The van der Waals surface area contributed by atoms with Gasteiger partial charge in [-0.15, -0.1) is 0 Å². The Kier molecular flexibility index (Phi) is 7.07. The predicted molar refractivity (Wildman–Crippen MR) is 112 cm³/mol. The number of carbonyl (C=O) groups is 1. The van der Waals surface area contributed by atoms with Crippen LogP contribution in [0, 0.1) is 20.8 Å². The maximum absolute atomic E-state index is 12.2. The normalized spacial score (nSPS) is 10.5. The molecular weight excluding hydrogens is 322 g/mol. The molecule has 26 heavy (non-hydrogen) atoms. The fourth-order valence-electron chi connectivity index (χ4n) is 2.96. The highest BCUT2D eigenvalue weighted by atomic mass is 16.1. The molecule has 0 spiro atoms. The van der Waals surface area contributed by atoms with Crippen LogP contribution in [0.3, 0.4) is 0 Å². The Morgan fingerprint density at radius 2 is 1.65 bits per heavy atom. The predicted octanol–water partition coefficient (Wildman–Crippen LogP) is 4.90. The van der Waals surface area contributed by atoms with Gasteiger partial charge in [0, 0.05) is 43.1 Å². The molecule has 0 fully saturated rings. The second kappa shape index (κ2) is 9.27. The summed E-state index contributed by atoms with van der Waals surface area (Å²) < 4.78 is 0. The average molecular weight is 354 g/mol. The van der Waals surface area contributed by atoms with Crippen molar-refractivity contribution in [1.29, 1.82) is 0 Å². The molecule has 140 valence electrons. The monoisotopic (exact) mass is 353 g/mol. The molecule has 0 saturated carbocycles. The second-order valence-electron chi connectivity index (χ2n) is 6.70. The lowest BCUT2D eigenvalue weighted by atomic mass is 10.1. The van der Waals surface area contributed by atoms with Crippen molar-refractivity contribution in [2.75, 3.05) is 35.2 Å². The Labute approximate surface area is 157 Å². The number of hydrogen-bond donors (Lipinski definition) is 2. The zero-order valence-electron chi connectivity index (χ0n) is 16.6. The van der Waals surface area contributed by atoms with E-state index in [9.17, 15) is 4.79 Å². The molecule has 2 aromatic carbocycles. The van der Waals surface area contributed by atoms with Crippen molar-refractivity contribution in [2.24, 2.45) is 0 Å². The van der Waals surface area contributed by atoms with E-state index in [1.54, 1.807) is 0 Å². The topological polar surface area (TPSA) is 44.4 Å². The first-order valence-electron chi connectivity index (χ1n) is 9.41. The lowest BCUT2D eigenvalue weighted by Crippen LogP contribution is -2.22. The molecule has 1 amide bonds. The summed E-state index contributed by atoms with van der Waals surface area (Å²) in [6.07, 6.45) is 0.435. The van der Waals surface area contributed by atoms with Crippen molar-refractivity contribution >= 4 is 23.0 Å². The first-order chi connectivity index (χ1) is 12.4. The molecule has 0 heterocycles. The van der Waals surface area contributed by atoms with Crippen molar-refractivity contribution in [2.45, 2.75) is 41.0 Å². The van der Waals surface area contributed by atoms with E-state index in [1.165, 1.54) is 16.8 Å². The molecular formula is C22H31N3O. The van der Waals surface area contributed by atoms with E-state index in [1.807, 2.05) is 13.0 Å². The number of aryl methyl sites for hydroxylation is 3. The molecule has 2 aromatic rings. The quantitative estimate of drug-likeness (QED) is 0.709. The first kappa shape index (κ1) is 19.8. The van der Waals surface area contributed by atoms with Gasteiger partial charge in [-0.05, 0) is 81.6 Å². The Bertz CT molecular complexity index is 751. The van der Waals surface area contributed by atoms with Gasteiger partial charge in [0.2, 0.25) is 5.91 Å². The highest BCUT2D eigenvalue weighted by Crippen LogP contribution is 2.23. The molecule has 4 nitrogen and oxygen atoms in total. The minimum atomic E-state index is 0.0278. The van der Waals surface area contributed by atoms with E-state index in [4.69, 9.17) is 0 Å². The summed E-state index contributed by atoms with van der Waals surface area (Å²) in [5, 5.41) is 6.34. The van der Waals surface area contributed by atoms with Crippen LogP contribution in [0.5, 0.6) is 0 Å². The smallest absolute Gasteiger partial charge is 0.226 e. The third kappa shape index (κ3) is 5.25. The van der Waals surface area contributed by atoms with Crippen LogP contribution in [-0.2, 0) is 4.79 Å². The van der Waals surface area contributed by atoms with E-state index in [0.29, 0.717) is 13.0 Å². The van der Waals surface area contributed by atoms with Crippen LogP contribution in [0.15, 0.2) is 36.4 Å². The SMILES string of the molecule is CCN(CC)c1ccc(NC(=O)CCNc2ccc(C)c(C)c2)c(C)c1. The molecule has 0 atom stereocenters. The molecule has 2 N–H and O–H groups in total. The minimum Gasteiger partial charge on any atom is -0.385 e. The third-order valence-electron chi connectivity index (χ3n) is 4.80. The zero-order valence-corrected chi connectivity index (χ0v) is 16.6. The Hall–Kier alpha value is -2.49. The largest absolute Gasteiger partial charge is 0.385 e. The van der Waals surface area contributed by atoms with Gasteiger partial charge < -0.3 is 15.5 Å². The lowest BCUT2D eigenvalue weighted by molar-refractivity contribution is -0.115. The molecule has 2 rings (SSSR count). The van der Waals surface area contributed by atoms with Crippen LogP contribution >= 0.6 is 0 Å². The molecule has 4 heteroatoms. The molecule has 0 aromatic heterocycles. The van der Waals surface area contributed by atoms with Gasteiger partial charge in [0.05, 0.1) is 0 Å². The molecule has 0 unspecified atom stereocenters. The highest BCUT2D eigenvalue weighted by molar-refractivity contribution is 5.92. The standard InChI is InChI=1S/C22H31N3O/c1-6-25(7-2)20-10-11-21(18(5)15-20)24-22(26)12-13-23-19-9-8-16(3)17(4)14-19/h8-11,14-15,23H,6-7,12-13H2,1-5H3,(H,24,26). The number of nitrogens with zero attached hydrogens (tertiary/aromatic N) is 1. The van der Waals surface area contributed by atoms with Crippen molar-refractivity contribution in [3.05, 3.63) is 53.1 Å². The van der Waals surface area contributed by atoms with Gasteiger partial charge in [-0.3, -0.25) is 4.79 Å². The minimum absolute atomic E-state index is 0.0278. The van der Waals surface area contributed by atoms with Crippen LogP contribution in [0.2, 0.25) is 0 Å². The summed E-state index contributed by atoms with van der Waals surface area (Å²) in [6, 6.07) is 12.5. The van der Waals surface area contributed by atoms with Crippen LogP contribution in [0.4, 0.5) is 17.1 Å². The maximum Gasteiger partial charge on any atom is 0.226 e. The summed E-state index contributed by atoms with van der Waals surface area (Å²) in [4.78, 5) is 14.5. The van der Waals surface area contributed by atoms with Crippen molar-refractivity contribution in [1.82, 2.24) is 0 Å². The number of hydrogen-bond acceptors (Lipinski definition) is 3. The number of nitrogens with one attached hydrogen (secondary N) is 2. The molecule has 0 aliphatic heterocycles. The second-order valence-corrected chi connectivity index (χ2v) is 6.70. The van der Waals surface area contributed by atoms with Crippen molar-refractivity contribution < 1.29 is 4.79 Å². The van der Waals surface area contributed by atoms with Crippen LogP contribution in [0.1, 0.15) is 37.0 Å². The maximum atomic E-state index is 12.2. The lowest BCUT2D eigenvalue weighted by Gasteiger charge is -2.22. The van der Waals surface area contributed by atoms with Gasteiger partial charge in [-0.1, -0.05) is 6.07 Å². The number of rotatable bonds is 8. The number of amides is 1. The van der Waals surface area contributed by atoms with Gasteiger partial charge in [-0.2, -0.15) is 0 Å². The number of benzene rings is 2. The summed E-state index contributed by atoms with van der Waals surface area (Å²) in [5.41, 5.74) is 6.75. The summed E-state index contributed by atoms with van der Waals surface area (Å²) in [6.45, 7) is 13.1. The Morgan fingerprint density at radius 3 is 2.27 bits per heavy atom. The number of carbonyl (C=O) groups excluding carboxylic acids is 1. The third-order valence-corrected chi connectivity index (χ3v) is 4.80. The average Bonchev–Trinajstić information content (AvgIpc) is 2.61. The molecule has 0 bridgehead atoms. The summed E-state index contributed by atoms with van der Waals surface area (Å²) in [7, 11) is 0. The highest BCUT2D eigenvalue weighted by Gasteiger charge is 2.08. The van der Waals surface area contributed by atoms with E-state index in [-0.39, 0.29) is 5.91 Å². The van der Waals surface area contributed by atoms with Gasteiger partial charge >= 0.3 is 0 Å². The van der Waals surface area contributed by atoms with E-state index in [2.05, 4.69) is 73.6 Å². The van der Waals surface area contributed by atoms with Crippen LogP contribution in [0.25, 0.3) is 0 Å². The molecule has 0 aliphatic rings. The van der Waals surface area contributed by atoms with E-state index in [0.717, 1.165) is 30.0 Å². The first-order valence-corrected chi connectivity index (χ1v) is 9.41. The van der Waals surface area contributed by atoms with Gasteiger partial charge in [0.25, 0.3) is 0 Å². The Balaban J connectivity index is 1.88. The Morgan fingerprint density at radius 1 is 0.923 bits per heavy atom. The summed E-state index contributed by atoms with van der Waals surface area (Å²) in [5.74, 6) is 0.0278. The molecule has 0 aliphatic carbocycles. The number of anilines is 3. The van der Waals surface area contributed by atoms with Crippen LogP contribution in [-0.4, -0.2) is 25.5 Å². The van der Waals surface area contributed by atoms with Crippen molar-refractivity contribution in [3.8, 4) is 0 Å². The van der Waals surface area contributed by atoms with Crippen molar-refractivity contribution in [3.63, 3.8) is 0 Å². The zero-order chi connectivity index (χ0) is 19.1. The molecule has 0 saturated heterocycles. The fourth-order valence-corrected chi connectivity index (χ4v) is 2.96. The van der Waals surface area contributed by atoms with Gasteiger partial charge in [0.15, 0.2) is 0 Å². The van der Waals surface area contributed by atoms with Crippen LogP contribution < -0.4 is 15.5 Å². The van der Waals surface area contributed by atoms with Gasteiger partial charge in [0.1, 0.15) is 0 Å².